The number of para-hydroxylation sites is 1. The number of rotatable bonds is 13. The van der Waals surface area contributed by atoms with E-state index in [-0.39, 0.29) is 16.9 Å². The zero-order valence-corrected chi connectivity index (χ0v) is 31.6. The molecule has 6 aromatic rings. The molecule has 0 bridgehead atoms. The van der Waals surface area contributed by atoms with Crippen molar-refractivity contribution in [1.82, 2.24) is 9.88 Å². The summed E-state index contributed by atoms with van der Waals surface area (Å²) in [4.78, 5) is 11.9. The van der Waals surface area contributed by atoms with Gasteiger partial charge in [-0.3, -0.25) is 4.79 Å². The van der Waals surface area contributed by atoms with Gasteiger partial charge < -0.3 is 28.2 Å². The molecule has 1 atom stereocenters. The second-order valence-electron chi connectivity index (χ2n) is 15.5. The van der Waals surface area contributed by atoms with Gasteiger partial charge in [0, 0.05) is 43.0 Å². The third-order valence-electron chi connectivity index (χ3n) is 10.9. The van der Waals surface area contributed by atoms with Gasteiger partial charge in [0.2, 0.25) is 5.91 Å². The van der Waals surface area contributed by atoms with Crippen LogP contribution in [0.5, 0.6) is 11.5 Å². The normalized spacial score (nSPS) is 16.5. The fourth-order valence-electron chi connectivity index (χ4n) is 8.20. The molecule has 1 N–H and O–H groups in total. The highest BCUT2D eigenvalue weighted by Crippen LogP contribution is 2.44. The van der Waals surface area contributed by atoms with Gasteiger partial charge in [-0.05, 0) is 64.9 Å². The average Bonchev–Trinajstić information content (AvgIpc) is 3.58. The lowest BCUT2D eigenvalue weighted by Gasteiger charge is -2.43. The Morgan fingerprint density at radius 1 is 0.865 bits per heavy atom. The number of hydrogen-bond donors (Lipinski definition) is 1. The van der Waals surface area contributed by atoms with Crippen LogP contribution >= 0.6 is 0 Å². The van der Waals surface area contributed by atoms with E-state index < -0.39 is 8.32 Å². The Morgan fingerprint density at radius 3 is 2.19 bits per heavy atom. The van der Waals surface area contributed by atoms with Crippen LogP contribution in [-0.4, -0.2) is 45.7 Å². The predicted octanol–water partition coefficient (Wildman–Crippen LogP) is 8.11. The molecule has 8 heteroatoms. The Balaban J connectivity index is 1.22. The van der Waals surface area contributed by atoms with Gasteiger partial charge in [0.25, 0.3) is 8.32 Å². The third kappa shape index (κ3) is 6.32. The van der Waals surface area contributed by atoms with E-state index in [0.29, 0.717) is 38.5 Å². The van der Waals surface area contributed by atoms with Gasteiger partial charge in [0.1, 0.15) is 17.1 Å². The Labute approximate surface area is 307 Å². The minimum atomic E-state index is -2.76. The van der Waals surface area contributed by atoms with E-state index in [4.69, 9.17) is 18.3 Å². The van der Waals surface area contributed by atoms with Crippen molar-refractivity contribution in [3.05, 3.63) is 109 Å². The molecule has 268 valence electrons. The van der Waals surface area contributed by atoms with E-state index in [1.54, 1.807) is 7.11 Å². The number of furan rings is 1. The number of carbonyl (C=O) groups is 1. The van der Waals surface area contributed by atoms with Gasteiger partial charge in [0.15, 0.2) is 5.76 Å². The molecule has 52 heavy (non-hydrogen) atoms. The van der Waals surface area contributed by atoms with Crippen LogP contribution in [0.4, 0.5) is 0 Å². The van der Waals surface area contributed by atoms with Crippen molar-refractivity contribution < 1.29 is 23.1 Å². The molecule has 1 aliphatic carbocycles. The third-order valence-corrected chi connectivity index (χ3v) is 15.9. The molecule has 1 aliphatic heterocycles. The standard InChI is InChI=1S/C44H48N2O5Si/c1-44(2,3)52(33-14-7-5-8-15-33,34-16-9-6-10-17-34)50-24-23-35-41-37(48-4)18-12-19-38(41)51-43(35)36-26-32-13-11-20-39(42(32)46(36)28-30-21-22-30)49-29-31-25-40(47)45-27-31/h5-20,26,30-31H,21-25,27-29H2,1-4H3,(H,45,47). The van der Waals surface area contributed by atoms with Crippen LogP contribution in [0, 0.1) is 11.8 Å². The van der Waals surface area contributed by atoms with Gasteiger partial charge in [-0.2, -0.15) is 0 Å². The maximum atomic E-state index is 11.9. The number of fused-ring (bicyclic) bond motifs is 2. The number of ether oxygens (including phenoxy) is 2. The zero-order valence-electron chi connectivity index (χ0n) is 30.6. The second-order valence-corrected chi connectivity index (χ2v) is 19.8. The number of nitrogens with zero attached hydrogens (tertiary/aromatic N) is 1. The molecule has 8 rings (SSSR count). The average molecular weight is 713 g/mol. The molecular weight excluding hydrogens is 665 g/mol. The van der Waals surface area contributed by atoms with Crippen LogP contribution in [-0.2, 0) is 22.2 Å². The first-order valence-corrected chi connectivity index (χ1v) is 20.5. The zero-order chi connectivity index (χ0) is 35.9. The summed E-state index contributed by atoms with van der Waals surface area (Å²) in [6.07, 6.45) is 3.57. The lowest BCUT2D eigenvalue weighted by Crippen LogP contribution is -2.66. The summed E-state index contributed by atoms with van der Waals surface area (Å²) in [6.45, 7) is 9.50. The number of hydrogen-bond acceptors (Lipinski definition) is 5. The lowest BCUT2D eigenvalue weighted by molar-refractivity contribution is -0.119. The molecule has 7 nitrogen and oxygen atoms in total. The molecule has 1 amide bonds. The van der Waals surface area contributed by atoms with E-state index >= 15 is 0 Å². The van der Waals surface area contributed by atoms with Crippen molar-refractivity contribution in [2.75, 3.05) is 26.9 Å². The number of aromatic nitrogens is 1. The van der Waals surface area contributed by atoms with E-state index in [1.807, 2.05) is 18.2 Å². The highest BCUT2D eigenvalue weighted by molar-refractivity contribution is 6.99. The molecule has 1 unspecified atom stereocenters. The van der Waals surface area contributed by atoms with Crippen molar-refractivity contribution in [3.63, 3.8) is 0 Å². The summed E-state index contributed by atoms with van der Waals surface area (Å²) in [7, 11) is -1.03. The summed E-state index contributed by atoms with van der Waals surface area (Å²) in [5.41, 5.74) is 3.99. The fourth-order valence-corrected chi connectivity index (χ4v) is 12.8. The summed E-state index contributed by atoms with van der Waals surface area (Å²) in [5, 5.41) is 7.43. The Bertz CT molecular complexity index is 2160. The van der Waals surface area contributed by atoms with Gasteiger partial charge in [-0.1, -0.05) is 99.6 Å². The monoisotopic (exact) mass is 712 g/mol. The first kappa shape index (κ1) is 34.3. The molecule has 0 radical (unpaired) electrons. The largest absolute Gasteiger partial charge is 0.496 e. The van der Waals surface area contributed by atoms with Crippen LogP contribution < -0.4 is 25.2 Å². The molecule has 2 fully saturated rings. The van der Waals surface area contributed by atoms with Crippen LogP contribution in [0.25, 0.3) is 33.3 Å². The van der Waals surface area contributed by atoms with Crippen LogP contribution in [0.3, 0.4) is 0 Å². The highest BCUT2D eigenvalue weighted by Gasteiger charge is 2.50. The number of carbonyl (C=O) groups excluding carboxylic acids is 1. The molecule has 0 spiro atoms. The predicted molar refractivity (Wildman–Crippen MR) is 210 cm³/mol. The maximum Gasteiger partial charge on any atom is 0.261 e. The van der Waals surface area contributed by atoms with Crippen LogP contribution in [0.1, 0.15) is 45.6 Å². The Kier molecular flexibility index (Phi) is 9.22. The van der Waals surface area contributed by atoms with Crippen LogP contribution in [0.15, 0.2) is 108 Å². The number of methoxy groups -OCH3 is 1. The quantitative estimate of drug-likeness (QED) is 0.123. The number of amides is 1. The van der Waals surface area contributed by atoms with Crippen molar-refractivity contribution in [3.8, 4) is 23.0 Å². The van der Waals surface area contributed by atoms with Gasteiger partial charge >= 0.3 is 0 Å². The lowest BCUT2D eigenvalue weighted by atomic mass is 10.1. The Morgan fingerprint density at radius 2 is 1.56 bits per heavy atom. The number of benzene rings is 4. The van der Waals surface area contributed by atoms with E-state index in [0.717, 1.165) is 56.9 Å². The van der Waals surface area contributed by atoms with Crippen molar-refractivity contribution >= 4 is 46.5 Å². The summed E-state index contributed by atoms with van der Waals surface area (Å²) < 4.78 is 29.2. The summed E-state index contributed by atoms with van der Waals surface area (Å²) >= 11 is 0. The maximum absolute atomic E-state index is 11.9. The molecule has 1 saturated carbocycles. The first-order chi connectivity index (χ1) is 25.3. The molecule has 3 heterocycles. The van der Waals surface area contributed by atoms with Crippen molar-refractivity contribution in [2.24, 2.45) is 11.8 Å². The summed E-state index contributed by atoms with van der Waals surface area (Å²) in [6, 6.07) is 36.2. The van der Waals surface area contributed by atoms with Gasteiger partial charge in [-0.25, -0.2) is 0 Å². The minimum Gasteiger partial charge on any atom is -0.496 e. The summed E-state index contributed by atoms with van der Waals surface area (Å²) in [5.74, 6) is 3.35. The smallest absolute Gasteiger partial charge is 0.261 e. The molecule has 2 aliphatic rings. The molecule has 2 aromatic heterocycles. The van der Waals surface area contributed by atoms with E-state index in [2.05, 4.69) is 116 Å². The molecule has 1 saturated heterocycles. The van der Waals surface area contributed by atoms with Gasteiger partial charge in [0.05, 0.1) is 30.3 Å². The van der Waals surface area contributed by atoms with E-state index in [9.17, 15) is 4.79 Å². The van der Waals surface area contributed by atoms with Crippen LogP contribution in [0.2, 0.25) is 5.04 Å². The number of nitrogens with one attached hydrogen (secondary N) is 1. The molecular formula is C44H48N2O5Si. The van der Waals surface area contributed by atoms with Crippen molar-refractivity contribution in [2.45, 2.75) is 58.0 Å². The van der Waals surface area contributed by atoms with E-state index in [1.165, 1.54) is 23.2 Å². The van der Waals surface area contributed by atoms with Crippen molar-refractivity contribution in [1.29, 1.82) is 0 Å². The second kappa shape index (κ2) is 14.0. The fraction of sp³-hybridized carbons (Fsp3) is 0.341. The Hall–Kier alpha value is -4.79. The molecule has 4 aromatic carbocycles. The highest BCUT2D eigenvalue weighted by atomic mass is 28.4. The van der Waals surface area contributed by atoms with Gasteiger partial charge in [-0.15, -0.1) is 0 Å². The SMILES string of the molecule is COc1cccc2oc(-c3cc4cccc(OCC5CNC(=O)C5)c4n3CC3CC3)c(CCO[Si](c3ccccc3)(c3ccccc3)C(C)(C)C)c12. The first-order valence-electron chi connectivity index (χ1n) is 18.6. The minimum absolute atomic E-state index is 0.0953. The topological polar surface area (TPSA) is 74.9 Å².